The van der Waals surface area contributed by atoms with E-state index in [9.17, 15) is 0 Å². The molecular formula is C7H16NO. The van der Waals surface area contributed by atoms with Crippen molar-refractivity contribution in [3.05, 3.63) is 6.92 Å². The molecule has 1 unspecified atom stereocenters. The Morgan fingerprint density at radius 1 is 1.44 bits per heavy atom. The smallest absolute Gasteiger partial charge is 0.0586 e. The number of rotatable bonds is 4. The molecule has 0 aliphatic rings. The quantitative estimate of drug-likeness (QED) is 0.600. The normalized spacial score (nSPS) is 14.3. The summed E-state index contributed by atoms with van der Waals surface area (Å²) in [6.45, 7) is 9.99. The van der Waals surface area contributed by atoms with Gasteiger partial charge in [0, 0.05) is 6.04 Å². The topological polar surface area (TPSA) is 23.5 Å². The highest BCUT2D eigenvalue weighted by molar-refractivity contribution is 4.69. The largest absolute Gasteiger partial charge is 0.395 e. The Balaban J connectivity index is 3.50. The summed E-state index contributed by atoms with van der Waals surface area (Å²) in [5, 5.41) is 8.66. The van der Waals surface area contributed by atoms with Crippen molar-refractivity contribution in [3.63, 3.8) is 0 Å². The molecule has 0 amide bonds. The second kappa shape index (κ2) is 4.77. The van der Waals surface area contributed by atoms with Crippen LogP contribution in [0.2, 0.25) is 0 Å². The number of nitrogens with zero attached hydrogens (tertiary/aromatic N) is 1. The van der Waals surface area contributed by atoms with Crippen LogP contribution in [0.25, 0.3) is 0 Å². The van der Waals surface area contributed by atoms with E-state index in [2.05, 4.69) is 25.7 Å². The standard InChI is InChI=1S/C7H16NO/c1-4-8(5-2)7(3)6-9/h7,9H,3-6H2,1-2H3. The van der Waals surface area contributed by atoms with E-state index >= 15 is 0 Å². The summed E-state index contributed by atoms with van der Waals surface area (Å²) in [6, 6.07) is 0.0694. The zero-order valence-corrected chi connectivity index (χ0v) is 6.30. The van der Waals surface area contributed by atoms with Crippen LogP contribution in [0.5, 0.6) is 0 Å². The first-order chi connectivity index (χ1) is 4.26. The van der Waals surface area contributed by atoms with Crippen molar-refractivity contribution < 1.29 is 5.11 Å². The lowest BCUT2D eigenvalue weighted by Crippen LogP contribution is -2.35. The van der Waals surface area contributed by atoms with Gasteiger partial charge in [-0.3, -0.25) is 4.90 Å². The van der Waals surface area contributed by atoms with Gasteiger partial charge in [-0.1, -0.05) is 13.8 Å². The lowest BCUT2D eigenvalue weighted by Gasteiger charge is -2.23. The lowest BCUT2D eigenvalue weighted by atomic mass is 10.3. The Morgan fingerprint density at radius 2 is 1.89 bits per heavy atom. The predicted molar refractivity (Wildman–Crippen MR) is 39.2 cm³/mol. The fourth-order valence-electron chi connectivity index (χ4n) is 0.855. The van der Waals surface area contributed by atoms with Gasteiger partial charge < -0.3 is 5.11 Å². The molecular weight excluding hydrogens is 114 g/mol. The van der Waals surface area contributed by atoms with Crippen molar-refractivity contribution in [2.24, 2.45) is 0 Å². The molecule has 0 heterocycles. The second-order valence-electron chi connectivity index (χ2n) is 2.06. The molecule has 0 aromatic carbocycles. The summed E-state index contributed by atoms with van der Waals surface area (Å²) in [5.74, 6) is 0. The van der Waals surface area contributed by atoms with Crippen molar-refractivity contribution in [3.8, 4) is 0 Å². The Labute approximate surface area is 57.5 Å². The van der Waals surface area contributed by atoms with Gasteiger partial charge >= 0.3 is 0 Å². The molecule has 0 saturated heterocycles. The van der Waals surface area contributed by atoms with Crippen LogP contribution < -0.4 is 0 Å². The van der Waals surface area contributed by atoms with Gasteiger partial charge in [-0.2, -0.15) is 0 Å². The van der Waals surface area contributed by atoms with Crippen LogP contribution in [0.4, 0.5) is 0 Å². The van der Waals surface area contributed by atoms with Crippen LogP contribution in [0.15, 0.2) is 0 Å². The summed E-state index contributed by atoms with van der Waals surface area (Å²) >= 11 is 0. The first kappa shape index (κ1) is 8.92. The van der Waals surface area contributed by atoms with Gasteiger partial charge in [-0.15, -0.1) is 0 Å². The van der Waals surface area contributed by atoms with Gasteiger partial charge in [-0.25, -0.2) is 0 Å². The van der Waals surface area contributed by atoms with Crippen molar-refractivity contribution in [1.29, 1.82) is 0 Å². The summed E-state index contributed by atoms with van der Waals surface area (Å²) in [6.07, 6.45) is 0. The molecule has 1 radical (unpaired) electrons. The number of aliphatic hydroxyl groups is 1. The second-order valence-corrected chi connectivity index (χ2v) is 2.06. The summed E-state index contributed by atoms with van der Waals surface area (Å²) in [5.41, 5.74) is 0. The van der Waals surface area contributed by atoms with Crippen molar-refractivity contribution in [2.45, 2.75) is 19.9 Å². The average molecular weight is 130 g/mol. The summed E-state index contributed by atoms with van der Waals surface area (Å²) in [7, 11) is 0. The van der Waals surface area contributed by atoms with E-state index in [0.717, 1.165) is 13.1 Å². The zero-order chi connectivity index (χ0) is 7.28. The zero-order valence-electron chi connectivity index (χ0n) is 6.30. The molecule has 1 atom stereocenters. The number of hydrogen-bond acceptors (Lipinski definition) is 2. The first-order valence-corrected chi connectivity index (χ1v) is 3.44. The minimum atomic E-state index is 0.0694. The average Bonchev–Trinajstić information content (AvgIpc) is 1.90. The Hall–Kier alpha value is -0.0800. The lowest BCUT2D eigenvalue weighted by molar-refractivity contribution is 0.161. The summed E-state index contributed by atoms with van der Waals surface area (Å²) in [4.78, 5) is 2.11. The Morgan fingerprint density at radius 3 is 2.00 bits per heavy atom. The maximum atomic E-state index is 8.66. The van der Waals surface area contributed by atoms with Crippen LogP contribution in [-0.2, 0) is 0 Å². The molecule has 0 spiro atoms. The highest BCUT2D eigenvalue weighted by Crippen LogP contribution is 1.94. The highest BCUT2D eigenvalue weighted by atomic mass is 16.3. The van der Waals surface area contributed by atoms with Crippen LogP contribution in [0, 0.1) is 6.92 Å². The molecule has 0 aliphatic heterocycles. The van der Waals surface area contributed by atoms with E-state index in [1.807, 2.05) is 0 Å². The van der Waals surface area contributed by atoms with Gasteiger partial charge in [0.2, 0.25) is 0 Å². The molecule has 1 N–H and O–H groups in total. The molecule has 0 saturated carbocycles. The van der Waals surface area contributed by atoms with Gasteiger partial charge in [0.1, 0.15) is 0 Å². The van der Waals surface area contributed by atoms with Gasteiger partial charge in [-0.05, 0) is 20.0 Å². The molecule has 2 nitrogen and oxygen atoms in total. The minimum absolute atomic E-state index is 0.0694. The third-order valence-electron chi connectivity index (χ3n) is 1.54. The number of hydrogen-bond donors (Lipinski definition) is 1. The molecule has 0 bridgehead atoms. The molecule has 0 aliphatic carbocycles. The Kier molecular flexibility index (Phi) is 4.72. The molecule has 0 aromatic heterocycles. The number of likely N-dealkylation sites (N-methyl/N-ethyl adjacent to an activating group) is 1. The number of aliphatic hydroxyl groups excluding tert-OH is 1. The third-order valence-corrected chi connectivity index (χ3v) is 1.54. The van der Waals surface area contributed by atoms with Crippen molar-refractivity contribution in [1.82, 2.24) is 4.90 Å². The van der Waals surface area contributed by atoms with Gasteiger partial charge in [0.05, 0.1) is 6.61 Å². The van der Waals surface area contributed by atoms with E-state index in [4.69, 9.17) is 5.11 Å². The first-order valence-electron chi connectivity index (χ1n) is 3.44. The van der Waals surface area contributed by atoms with E-state index in [1.54, 1.807) is 0 Å². The van der Waals surface area contributed by atoms with Gasteiger partial charge in [0.25, 0.3) is 0 Å². The molecule has 0 fully saturated rings. The van der Waals surface area contributed by atoms with Crippen LogP contribution in [0.1, 0.15) is 13.8 Å². The highest BCUT2D eigenvalue weighted by Gasteiger charge is 2.06. The molecule has 2 heteroatoms. The monoisotopic (exact) mass is 130 g/mol. The van der Waals surface area contributed by atoms with Crippen LogP contribution >= 0.6 is 0 Å². The van der Waals surface area contributed by atoms with Crippen molar-refractivity contribution in [2.75, 3.05) is 19.7 Å². The van der Waals surface area contributed by atoms with E-state index in [-0.39, 0.29) is 12.6 Å². The fraction of sp³-hybridized carbons (Fsp3) is 0.857. The Bertz CT molecular complexity index is 61.9. The van der Waals surface area contributed by atoms with E-state index in [1.165, 1.54) is 0 Å². The third kappa shape index (κ3) is 2.82. The van der Waals surface area contributed by atoms with E-state index in [0.29, 0.717) is 0 Å². The molecule has 9 heavy (non-hydrogen) atoms. The van der Waals surface area contributed by atoms with Crippen LogP contribution in [0.3, 0.4) is 0 Å². The SMILES string of the molecule is [CH2]C(CO)N(CC)CC. The molecule has 0 rings (SSSR count). The maximum Gasteiger partial charge on any atom is 0.0586 e. The van der Waals surface area contributed by atoms with E-state index < -0.39 is 0 Å². The summed E-state index contributed by atoms with van der Waals surface area (Å²) < 4.78 is 0. The van der Waals surface area contributed by atoms with Gasteiger partial charge in [0.15, 0.2) is 0 Å². The molecule has 0 aromatic rings. The fourth-order valence-corrected chi connectivity index (χ4v) is 0.855. The van der Waals surface area contributed by atoms with Crippen LogP contribution in [-0.4, -0.2) is 35.7 Å². The maximum absolute atomic E-state index is 8.66. The minimum Gasteiger partial charge on any atom is -0.395 e. The van der Waals surface area contributed by atoms with Crippen molar-refractivity contribution >= 4 is 0 Å². The molecule has 55 valence electrons. The predicted octanol–water partition coefficient (Wildman–Crippen LogP) is 0.523.